The van der Waals surface area contributed by atoms with Crippen LogP contribution in [0, 0.1) is 0 Å². The van der Waals surface area contributed by atoms with Gasteiger partial charge in [0.15, 0.2) is 5.78 Å². The second-order valence-electron chi connectivity index (χ2n) is 4.27. The maximum Gasteiger partial charge on any atom is 0.183 e. The minimum Gasteiger partial charge on any atom is -0.493 e. The first-order valence-electron chi connectivity index (χ1n) is 6.23. The standard InChI is InChI=1S/C14H21NO3/c1-4-18-13-8-6-5-7-12(13)14(17)11(3)15-9-10(2)16/h5-8,10-11,15-16H,4,9H2,1-3H3. The van der Waals surface area contributed by atoms with Gasteiger partial charge < -0.3 is 15.2 Å². The van der Waals surface area contributed by atoms with E-state index < -0.39 is 6.10 Å². The second kappa shape index (κ2) is 7.13. The number of ether oxygens (including phenoxy) is 1. The van der Waals surface area contributed by atoms with Crippen LogP contribution in [0.3, 0.4) is 0 Å². The summed E-state index contributed by atoms with van der Waals surface area (Å²) < 4.78 is 5.44. The summed E-state index contributed by atoms with van der Waals surface area (Å²) in [6, 6.07) is 6.86. The van der Waals surface area contributed by atoms with Crippen molar-refractivity contribution in [1.82, 2.24) is 5.32 Å². The van der Waals surface area contributed by atoms with Crippen molar-refractivity contribution in [3.05, 3.63) is 29.8 Å². The Morgan fingerprint density at radius 1 is 1.39 bits per heavy atom. The SMILES string of the molecule is CCOc1ccccc1C(=O)C(C)NCC(C)O. The van der Waals surface area contributed by atoms with Crippen molar-refractivity contribution in [2.45, 2.75) is 32.9 Å². The molecule has 0 aliphatic carbocycles. The van der Waals surface area contributed by atoms with E-state index in [1.54, 1.807) is 26.0 Å². The molecule has 1 rings (SSSR count). The van der Waals surface area contributed by atoms with Gasteiger partial charge in [-0.15, -0.1) is 0 Å². The molecule has 4 heteroatoms. The Kier molecular flexibility index (Phi) is 5.82. The predicted molar refractivity (Wildman–Crippen MR) is 71.1 cm³/mol. The Balaban J connectivity index is 2.76. The van der Waals surface area contributed by atoms with Crippen molar-refractivity contribution in [3.8, 4) is 5.75 Å². The molecule has 0 bridgehead atoms. The molecule has 0 radical (unpaired) electrons. The van der Waals surface area contributed by atoms with Crippen LogP contribution in [0.2, 0.25) is 0 Å². The van der Waals surface area contributed by atoms with Crippen LogP contribution in [0.25, 0.3) is 0 Å². The molecule has 4 nitrogen and oxygen atoms in total. The summed E-state index contributed by atoms with van der Waals surface area (Å²) in [7, 11) is 0. The van der Waals surface area contributed by atoms with E-state index in [-0.39, 0.29) is 11.8 Å². The summed E-state index contributed by atoms with van der Waals surface area (Å²) in [5.41, 5.74) is 0.574. The highest BCUT2D eigenvalue weighted by atomic mass is 16.5. The first-order valence-corrected chi connectivity index (χ1v) is 6.23. The summed E-state index contributed by atoms with van der Waals surface area (Å²) in [4.78, 5) is 12.2. The molecule has 2 atom stereocenters. The van der Waals surface area contributed by atoms with E-state index in [9.17, 15) is 9.90 Å². The molecular formula is C14H21NO3. The maximum atomic E-state index is 12.2. The number of carbonyl (C=O) groups excluding carboxylic acids is 1. The number of carbonyl (C=O) groups is 1. The molecule has 0 fully saturated rings. The predicted octanol–water partition coefficient (Wildman–Crippen LogP) is 1.63. The Morgan fingerprint density at radius 2 is 2.06 bits per heavy atom. The number of ketones is 1. The van der Waals surface area contributed by atoms with E-state index in [2.05, 4.69) is 5.32 Å². The number of para-hydroxylation sites is 1. The smallest absolute Gasteiger partial charge is 0.183 e. The molecule has 1 aromatic carbocycles. The number of nitrogens with one attached hydrogen (secondary N) is 1. The van der Waals surface area contributed by atoms with E-state index in [1.165, 1.54) is 0 Å². The van der Waals surface area contributed by atoms with Crippen LogP contribution in [-0.2, 0) is 0 Å². The quantitative estimate of drug-likeness (QED) is 0.723. The fraction of sp³-hybridized carbons (Fsp3) is 0.500. The van der Waals surface area contributed by atoms with Gasteiger partial charge in [0, 0.05) is 6.54 Å². The van der Waals surface area contributed by atoms with E-state index in [1.807, 2.05) is 19.1 Å². The van der Waals surface area contributed by atoms with Crippen LogP contribution in [0.5, 0.6) is 5.75 Å². The summed E-state index contributed by atoms with van der Waals surface area (Å²) in [5.74, 6) is 0.579. The lowest BCUT2D eigenvalue weighted by atomic mass is 10.0. The lowest BCUT2D eigenvalue weighted by molar-refractivity contribution is 0.0937. The summed E-state index contributed by atoms with van der Waals surface area (Å²) in [6.07, 6.45) is -0.470. The number of hydrogen-bond donors (Lipinski definition) is 2. The van der Waals surface area contributed by atoms with Crippen molar-refractivity contribution < 1.29 is 14.6 Å². The van der Waals surface area contributed by atoms with Crippen molar-refractivity contribution in [2.24, 2.45) is 0 Å². The van der Waals surface area contributed by atoms with Crippen molar-refractivity contribution in [2.75, 3.05) is 13.2 Å². The molecule has 2 unspecified atom stereocenters. The number of rotatable bonds is 7. The summed E-state index contributed by atoms with van der Waals surface area (Å²) in [6.45, 7) is 6.27. The van der Waals surface area contributed by atoms with E-state index >= 15 is 0 Å². The van der Waals surface area contributed by atoms with Gasteiger partial charge in [-0.25, -0.2) is 0 Å². The molecule has 0 saturated carbocycles. The minimum atomic E-state index is -0.470. The zero-order chi connectivity index (χ0) is 13.5. The molecule has 18 heavy (non-hydrogen) atoms. The van der Waals surface area contributed by atoms with Gasteiger partial charge in [0.25, 0.3) is 0 Å². The van der Waals surface area contributed by atoms with E-state index in [0.717, 1.165) is 0 Å². The highest BCUT2D eigenvalue weighted by Gasteiger charge is 2.18. The average Bonchev–Trinajstić information content (AvgIpc) is 2.36. The maximum absolute atomic E-state index is 12.2. The third-order valence-corrected chi connectivity index (χ3v) is 2.57. The van der Waals surface area contributed by atoms with Gasteiger partial charge in [0.05, 0.1) is 24.3 Å². The number of Topliss-reactive ketones (excluding diaryl/α,β-unsaturated/α-hetero) is 1. The number of aliphatic hydroxyl groups excluding tert-OH is 1. The number of aliphatic hydroxyl groups is 1. The molecular weight excluding hydrogens is 230 g/mol. The van der Waals surface area contributed by atoms with Gasteiger partial charge in [-0.2, -0.15) is 0 Å². The number of benzene rings is 1. The zero-order valence-electron chi connectivity index (χ0n) is 11.1. The third-order valence-electron chi connectivity index (χ3n) is 2.57. The van der Waals surface area contributed by atoms with Crippen LogP contribution < -0.4 is 10.1 Å². The average molecular weight is 251 g/mol. The Bertz CT molecular complexity index is 390. The molecule has 100 valence electrons. The molecule has 0 spiro atoms. The van der Waals surface area contributed by atoms with Crippen LogP contribution in [0.4, 0.5) is 0 Å². The fourth-order valence-electron chi connectivity index (χ4n) is 1.62. The normalized spacial score (nSPS) is 14.0. The third kappa shape index (κ3) is 4.13. The van der Waals surface area contributed by atoms with Gasteiger partial charge in [-0.1, -0.05) is 12.1 Å². The largest absolute Gasteiger partial charge is 0.493 e. The van der Waals surface area contributed by atoms with Crippen molar-refractivity contribution in [3.63, 3.8) is 0 Å². The molecule has 1 aromatic rings. The highest BCUT2D eigenvalue weighted by Crippen LogP contribution is 2.19. The van der Waals surface area contributed by atoms with Gasteiger partial charge in [0.1, 0.15) is 5.75 Å². The van der Waals surface area contributed by atoms with Crippen LogP contribution in [0.15, 0.2) is 24.3 Å². The molecule has 0 aliphatic heterocycles. The molecule has 0 aliphatic rings. The van der Waals surface area contributed by atoms with E-state index in [0.29, 0.717) is 24.5 Å². The van der Waals surface area contributed by atoms with Gasteiger partial charge >= 0.3 is 0 Å². The molecule has 0 saturated heterocycles. The van der Waals surface area contributed by atoms with Crippen LogP contribution in [0.1, 0.15) is 31.1 Å². The van der Waals surface area contributed by atoms with Crippen molar-refractivity contribution >= 4 is 5.78 Å². The molecule has 0 amide bonds. The van der Waals surface area contributed by atoms with Gasteiger partial charge in [-0.05, 0) is 32.9 Å². The minimum absolute atomic E-state index is 0.0281. The first kappa shape index (κ1) is 14.7. The van der Waals surface area contributed by atoms with Gasteiger partial charge in [0.2, 0.25) is 0 Å². The van der Waals surface area contributed by atoms with Crippen LogP contribution in [-0.4, -0.2) is 36.2 Å². The molecule has 2 N–H and O–H groups in total. The highest BCUT2D eigenvalue weighted by molar-refractivity contribution is 6.02. The Morgan fingerprint density at radius 3 is 2.67 bits per heavy atom. The van der Waals surface area contributed by atoms with E-state index in [4.69, 9.17) is 4.74 Å². The van der Waals surface area contributed by atoms with Crippen molar-refractivity contribution in [1.29, 1.82) is 0 Å². The lowest BCUT2D eigenvalue weighted by Gasteiger charge is -2.16. The Labute approximate surface area is 108 Å². The summed E-state index contributed by atoms with van der Waals surface area (Å²) in [5, 5.41) is 12.2. The van der Waals surface area contributed by atoms with Gasteiger partial charge in [-0.3, -0.25) is 4.79 Å². The molecule has 0 heterocycles. The second-order valence-corrected chi connectivity index (χ2v) is 4.27. The van der Waals surface area contributed by atoms with Crippen LogP contribution >= 0.6 is 0 Å². The molecule has 0 aromatic heterocycles. The summed E-state index contributed by atoms with van der Waals surface area (Å²) >= 11 is 0. The lowest BCUT2D eigenvalue weighted by Crippen LogP contribution is -2.38. The fourth-order valence-corrected chi connectivity index (χ4v) is 1.62. The first-order chi connectivity index (χ1) is 8.56. The topological polar surface area (TPSA) is 58.6 Å². The monoisotopic (exact) mass is 251 g/mol. The number of hydrogen-bond acceptors (Lipinski definition) is 4. The Hall–Kier alpha value is -1.39. The zero-order valence-corrected chi connectivity index (χ0v) is 11.1.